The summed E-state index contributed by atoms with van der Waals surface area (Å²) in [4.78, 5) is 4.42. The molecule has 0 saturated carbocycles. The van der Waals surface area contributed by atoms with Gasteiger partial charge in [0, 0.05) is 35.7 Å². The van der Waals surface area contributed by atoms with E-state index < -0.39 is 0 Å². The minimum absolute atomic E-state index is 0.577. The number of aromatic nitrogens is 2. The lowest BCUT2D eigenvalue weighted by Crippen LogP contribution is -2.17. The molecule has 3 rings (SSSR count). The normalized spacial score (nSPS) is 10.8. The molecular formula is C19H20ClN3O2. The van der Waals surface area contributed by atoms with Crippen molar-refractivity contribution in [2.75, 3.05) is 13.2 Å². The van der Waals surface area contributed by atoms with E-state index in [1.165, 1.54) is 0 Å². The minimum atomic E-state index is 0.577. The van der Waals surface area contributed by atoms with E-state index in [1.807, 2.05) is 49.4 Å². The highest BCUT2D eigenvalue weighted by molar-refractivity contribution is 6.30. The molecule has 3 aromatic rings. The molecular weight excluding hydrogens is 338 g/mol. The minimum Gasteiger partial charge on any atom is -0.494 e. The molecule has 0 aliphatic rings. The lowest BCUT2D eigenvalue weighted by molar-refractivity contribution is 0.335. The van der Waals surface area contributed by atoms with Gasteiger partial charge >= 0.3 is 0 Å². The van der Waals surface area contributed by atoms with E-state index in [-0.39, 0.29) is 0 Å². The molecule has 5 nitrogen and oxygen atoms in total. The van der Waals surface area contributed by atoms with Gasteiger partial charge in [0.2, 0.25) is 11.7 Å². The number of nitrogens with one attached hydrogen (secondary N) is 1. The summed E-state index contributed by atoms with van der Waals surface area (Å²) in [6, 6.07) is 15.4. The Kier molecular flexibility index (Phi) is 6.04. The third kappa shape index (κ3) is 4.81. The van der Waals surface area contributed by atoms with Crippen molar-refractivity contribution in [3.05, 3.63) is 65.0 Å². The lowest BCUT2D eigenvalue weighted by Gasteiger charge is -2.10. The number of hydrogen-bond donors (Lipinski definition) is 1. The largest absolute Gasteiger partial charge is 0.494 e. The summed E-state index contributed by atoms with van der Waals surface area (Å²) in [7, 11) is 0. The van der Waals surface area contributed by atoms with Gasteiger partial charge in [-0.3, -0.25) is 0 Å². The van der Waals surface area contributed by atoms with Crippen molar-refractivity contribution in [3.8, 4) is 17.1 Å². The van der Waals surface area contributed by atoms with Gasteiger partial charge < -0.3 is 14.6 Å². The van der Waals surface area contributed by atoms with E-state index in [0.717, 1.165) is 30.0 Å². The van der Waals surface area contributed by atoms with Gasteiger partial charge in [0.1, 0.15) is 5.75 Å². The predicted octanol–water partition coefficient (Wildman–Crippen LogP) is 4.12. The zero-order chi connectivity index (χ0) is 17.5. The van der Waals surface area contributed by atoms with Gasteiger partial charge in [0.15, 0.2) is 0 Å². The Labute approximate surface area is 152 Å². The average molecular weight is 358 g/mol. The average Bonchev–Trinajstić information content (AvgIpc) is 3.10. The van der Waals surface area contributed by atoms with Crippen LogP contribution in [0.5, 0.6) is 5.75 Å². The number of hydrogen-bond acceptors (Lipinski definition) is 5. The third-order valence-corrected chi connectivity index (χ3v) is 3.93. The van der Waals surface area contributed by atoms with Crippen molar-refractivity contribution in [1.82, 2.24) is 15.5 Å². The second kappa shape index (κ2) is 8.65. The van der Waals surface area contributed by atoms with E-state index >= 15 is 0 Å². The predicted molar refractivity (Wildman–Crippen MR) is 97.8 cm³/mol. The highest BCUT2D eigenvalue weighted by Gasteiger charge is 2.08. The van der Waals surface area contributed by atoms with Crippen LogP contribution in [0.4, 0.5) is 0 Å². The molecule has 0 fully saturated rings. The van der Waals surface area contributed by atoms with Crippen LogP contribution in [0.2, 0.25) is 5.02 Å². The van der Waals surface area contributed by atoms with E-state index in [4.69, 9.17) is 20.9 Å². The second-order valence-corrected chi connectivity index (χ2v) is 5.92. The fraction of sp³-hybridized carbons (Fsp3) is 0.263. The summed E-state index contributed by atoms with van der Waals surface area (Å²) in [5.41, 5.74) is 2.02. The molecule has 1 aromatic heterocycles. The fourth-order valence-electron chi connectivity index (χ4n) is 2.44. The molecule has 0 saturated heterocycles. The van der Waals surface area contributed by atoms with E-state index in [2.05, 4.69) is 21.5 Å². The Balaban J connectivity index is 1.51. The summed E-state index contributed by atoms with van der Waals surface area (Å²) in [6.45, 7) is 4.11. The first kappa shape index (κ1) is 17.5. The Morgan fingerprint density at radius 3 is 2.72 bits per heavy atom. The van der Waals surface area contributed by atoms with Crippen molar-refractivity contribution >= 4 is 11.6 Å². The molecule has 1 heterocycles. The number of rotatable bonds is 8. The Morgan fingerprint density at radius 2 is 1.92 bits per heavy atom. The van der Waals surface area contributed by atoms with Gasteiger partial charge in [-0.1, -0.05) is 35.0 Å². The number of halogens is 1. The van der Waals surface area contributed by atoms with Crippen molar-refractivity contribution in [3.63, 3.8) is 0 Å². The van der Waals surface area contributed by atoms with Gasteiger partial charge in [-0.25, -0.2) is 0 Å². The highest BCUT2D eigenvalue weighted by Crippen LogP contribution is 2.19. The molecule has 25 heavy (non-hydrogen) atoms. The second-order valence-electron chi connectivity index (χ2n) is 5.49. The van der Waals surface area contributed by atoms with Crippen LogP contribution < -0.4 is 10.1 Å². The summed E-state index contributed by atoms with van der Waals surface area (Å²) in [5, 5.41) is 8.08. The summed E-state index contributed by atoms with van der Waals surface area (Å²) in [5.74, 6) is 2.10. The van der Waals surface area contributed by atoms with Gasteiger partial charge in [0.25, 0.3) is 0 Å². The van der Waals surface area contributed by atoms with Crippen LogP contribution in [0.1, 0.15) is 18.4 Å². The monoisotopic (exact) mass is 357 g/mol. The number of benzene rings is 2. The van der Waals surface area contributed by atoms with Crippen LogP contribution in [0.3, 0.4) is 0 Å². The Morgan fingerprint density at radius 1 is 1.12 bits per heavy atom. The first-order valence-corrected chi connectivity index (χ1v) is 8.64. The molecule has 2 aromatic carbocycles. The fourth-order valence-corrected chi connectivity index (χ4v) is 2.56. The Hall–Kier alpha value is -2.37. The molecule has 0 aliphatic carbocycles. The quantitative estimate of drug-likeness (QED) is 0.614. The zero-order valence-corrected chi connectivity index (χ0v) is 14.8. The van der Waals surface area contributed by atoms with E-state index in [9.17, 15) is 0 Å². The van der Waals surface area contributed by atoms with Crippen LogP contribution in [0, 0.1) is 0 Å². The highest BCUT2D eigenvalue weighted by atomic mass is 35.5. The zero-order valence-electron chi connectivity index (χ0n) is 14.0. The summed E-state index contributed by atoms with van der Waals surface area (Å²) < 4.78 is 10.9. The molecule has 0 bridgehead atoms. The number of ether oxygens (including phenoxy) is 1. The number of para-hydroxylation sites is 1. The van der Waals surface area contributed by atoms with Crippen molar-refractivity contribution in [2.24, 2.45) is 0 Å². The molecule has 0 unspecified atom stereocenters. The molecule has 0 radical (unpaired) electrons. The standard InChI is InChI=1S/C19H20ClN3O2/c1-2-24-17-6-4-3-5-15(17)13-21-12-11-18-22-19(23-25-18)14-7-9-16(20)10-8-14/h3-10,21H,2,11-13H2,1H3. The van der Waals surface area contributed by atoms with Crippen LogP contribution in [-0.2, 0) is 13.0 Å². The molecule has 0 atom stereocenters. The van der Waals surface area contributed by atoms with Crippen LogP contribution in [0.15, 0.2) is 53.1 Å². The molecule has 0 aliphatic heterocycles. The maximum atomic E-state index is 5.89. The lowest BCUT2D eigenvalue weighted by atomic mass is 10.2. The van der Waals surface area contributed by atoms with Gasteiger partial charge in [-0.2, -0.15) is 4.98 Å². The first-order valence-electron chi connectivity index (χ1n) is 8.26. The van der Waals surface area contributed by atoms with E-state index in [1.54, 1.807) is 0 Å². The topological polar surface area (TPSA) is 60.2 Å². The van der Waals surface area contributed by atoms with Gasteiger partial charge in [-0.15, -0.1) is 0 Å². The molecule has 6 heteroatoms. The van der Waals surface area contributed by atoms with Crippen LogP contribution in [0.25, 0.3) is 11.4 Å². The van der Waals surface area contributed by atoms with Crippen molar-refractivity contribution < 1.29 is 9.26 Å². The van der Waals surface area contributed by atoms with Crippen LogP contribution >= 0.6 is 11.6 Å². The first-order chi connectivity index (χ1) is 12.3. The maximum Gasteiger partial charge on any atom is 0.228 e. The Bertz CT molecular complexity index is 802. The summed E-state index contributed by atoms with van der Waals surface area (Å²) in [6.07, 6.45) is 0.664. The maximum absolute atomic E-state index is 5.89. The molecule has 130 valence electrons. The van der Waals surface area contributed by atoms with Crippen molar-refractivity contribution in [2.45, 2.75) is 19.9 Å². The van der Waals surface area contributed by atoms with Gasteiger partial charge in [-0.05, 0) is 37.3 Å². The molecule has 0 amide bonds. The SMILES string of the molecule is CCOc1ccccc1CNCCc1nc(-c2ccc(Cl)cc2)no1. The smallest absolute Gasteiger partial charge is 0.228 e. The third-order valence-electron chi connectivity index (χ3n) is 3.67. The van der Waals surface area contributed by atoms with Gasteiger partial charge in [0.05, 0.1) is 6.61 Å². The van der Waals surface area contributed by atoms with Crippen LogP contribution in [-0.4, -0.2) is 23.3 Å². The summed E-state index contributed by atoms with van der Waals surface area (Å²) >= 11 is 5.89. The van der Waals surface area contributed by atoms with E-state index in [0.29, 0.717) is 29.8 Å². The van der Waals surface area contributed by atoms with Crippen molar-refractivity contribution in [1.29, 1.82) is 0 Å². The number of nitrogens with zero attached hydrogens (tertiary/aromatic N) is 2. The molecule has 0 spiro atoms. The molecule has 1 N–H and O–H groups in total.